The van der Waals surface area contributed by atoms with E-state index in [9.17, 15) is 21.6 Å². The van der Waals surface area contributed by atoms with Crippen molar-refractivity contribution in [1.29, 1.82) is 0 Å². The topological polar surface area (TPSA) is 149 Å². The average Bonchev–Trinajstić information content (AvgIpc) is 3.32. The molecule has 0 atom stereocenters. The molecule has 3 aromatic rings. The van der Waals surface area contributed by atoms with Crippen LogP contribution in [-0.4, -0.2) is 63.7 Å². The Morgan fingerprint density at radius 2 is 1.71 bits per heavy atom. The summed E-state index contributed by atoms with van der Waals surface area (Å²) in [5, 5.41) is 10.4. The van der Waals surface area contributed by atoms with E-state index in [0.29, 0.717) is 11.3 Å². The average molecular weight is 521 g/mol. The fraction of sp³-hybridized carbons (Fsp3) is 0.318. The number of sulfonamides is 1. The van der Waals surface area contributed by atoms with E-state index >= 15 is 0 Å². The molecular weight excluding hydrogens is 496 g/mol. The zero-order chi connectivity index (χ0) is 25.2. The van der Waals surface area contributed by atoms with E-state index in [1.165, 1.54) is 22.5 Å². The Hall–Kier alpha value is -3.29. The van der Waals surface area contributed by atoms with Crippen molar-refractivity contribution in [2.24, 2.45) is 5.92 Å². The lowest BCUT2D eigenvalue weighted by atomic mass is 9.97. The van der Waals surface area contributed by atoms with Crippen LogP contribution in [0.2, 0.25) is 0 Å². The number of methoxy groups -OCH3 is 1. The molecule has 1 saturated heterocycles. The lowest BCUT2D eigenvalue weighted by Crippen LogP contribution is -2.41. The minimum absolute atomic E-state index is 0.0551. The molecule has 0 aliphatic carbocycles. The normalized spacial score (nSPS) is 15.6. The second-order valence-electron chi connectivity index (χ2n) is 8.06. The van der Waals surface area contributed by atoms with Gasteiger partial charge in [-0.05, 0) is 49.2 Å². The molecular formula is C22H24N4O7S2. The summed E-state index contributed by atoms with van der Waals surface area (Å²) in [4.78, 5) is 12.5. The van der Waals surface area contributed by atoms with Gasteiger partial charge in [0, 0.05) is 30.8 Å². The van der Waals surface area contributed by atoms with E-state index < -0.39 is 25.8 Å². The Labute approximate surface area is 203 Å². The third-order valence-electron chi connectivity index (χ3n) is 5.67. The van der Waals surface area contributed by atoms with Gasteiger partial charge < -0.3 is 9.15 Å². The highest BCUT2D eigenvalue weighted by Gasteiger charge is 2.33. The van der Waals surface area contributed by atoms with Crippen molar-refractivity contribution in [3.05, 3.63) is 48.5 Å². The molecule has 2 heterocycles. The molecule has 11 nitrogen and oxygen atoms in total. The number of carbonyl (C=O) groups excluding carboxylic acids is 1. The van der Waals surface area contributed by atoms with Gasteiger partial charge >= 0.3 is 6.01 Å². The first-order valence-corrected chi connectivity index (χ1v) is 14.0. The predicted octanol–water partition coefficient (Wildman–Crippen LogP) is 2.19. The van der Waals surface area contributed by atoms with Crippen LogP contribution in [0.25, 0.3) is 11.5 Å². The number of nitrogens with zero attached hydrogens (tertiary/aromatic N) is 3. The van der Waals surface area contributed by atoms with Crippen molar-refractivity contribution in [3.8, 4) is 17.2 Å². The molecule has 1 aliphatic rings. The Morgan fingerprint density at radius 1 is 1.03 bits per heavy atom. The molecule has 1 aliphatic heterocycles. The highest BCUT2D eigenvalue weighted by molar-refractivity contribution is 7.91. The van der Waals surface area contributed by atoms with Crippen molar-refractivity contribution < 1.29 is 30.8 Å². The van der Waals surface area contributed by atoms with Gasteiger partial charge in [0.25, 0.3) is 0 Å². The summed E-state index contributed by atoms with van der Waals surface area (Å²) in [7, 11) is -5.90. The quantitative estimate of drug-likeness (QED) is 0.495. The van der Waals surface area contributed by atoms with E-state index in [1.54, 1.807) is 31.4 Å². The fourth-order valence-corrected chi connectivity index (χ4v) is 5.98. The summed E-state index contributed by atoms with van der Waals surface area (Å²) >= 11 is 0. The Bertz CT molecular complexity index is 1440. The molecule has 1 fully saturated rings. The maximum atomic E-state index is 13.0. The molecule has 2 aromatic carbocycles. The number of amides is 1. The summed E-state index contributed by atoms with van der Waals surface area (Å²) in [5.74, 6) is 0.0467. The number of benzene rings is 2. The number of rotatable bonds is 7. The second kappa shape index (κ2) is 9.76. The molecule has 1 amide bonds. The van der Waals surface area contributed by atoms with Crippen molar-refractivity contribution in [1.82, 2.24) is 14.5 Å². The van der Waals surface area contributed by atoms with Crippen LogP contribution in [-0.2, 0) is 24.7 Å². The number of aromatic nitrogens is 2. The minimum Gasteiger partial charge on any atom is -0.497 e. The summed E-state index contributed by atoms with van der Waals surface area (Å²) in [6.07, 6.45) is 1.59. The molecule has 35 heavy (non-hydrogen) atoms. The number of anilines is 1. The van der Waals surface area contributed by atoms with Gasteiger partial charge in [-0.25, -0.2) is 16.8 Å². The van der Waals surface area contributed by atoms with Crippen molar-refractivity contribution in [2.45, 2.75) is 22.6 Å². The van der Waals surface area contributed by atoms with E-state index in [1.807, 2.05) is 0 Å². The lowest BCUT2D eigenvalue weighted by molar-refractivity contribution is -0.121. The fourth-order valence-electron chi connectivity index (χ4n) is 3.73. The molecule has 0 unspecified atom stereocenters. The smallest absolute Gasteiger partial charge is 0.322 e. The van der Waals surface area contributed by atoms with Crippen LogP contribution in [0.1, 0.15) is 12.8 Å². The zero-order valence-electron chi connectivity index (χ0n) is 19.0. The maximum Gasteiger partial charge on any atom is 0.322 e. The number of hydrogen-bond acceptors (Lipinski definition) is 9. The Morgan fingerprint density at radius 3 is 2.40 bits per heavy atom. The molecule has 0 saturated carbocycles. The summed E-state index contributed by atoms with van der Waals surface area (Å²) in [5.41, 5.74) is 0.635. The van der Waals surface area contributed by atoms with E-state index in [4.69, 9.17) is 9.15 Å². The second-order valence-corrected chi connectivity index (χ2v) is 12.0. The number of carbonyl (C=O) groups is 1. The third-order valence-corrected chi connectivity index (χ3v) is 8.67. The molecule has 0 bridgehead atoms. The number of ether oxygens (including phenoxy) is 1. The van der Waals surface area contributed by atoms with Gasteiger partial charge in [0.15, 0.2) is 9.84 Å². The Kier molecular flexibility index (Phi) is 6.92. The van der Waals surface area contributed by atoms with Gasteiger partial charge in [-0.1, -0.05) is 17.2 Å². The van der Waals surface area contributed by atoms with E-state index in [0.717, 1.165) is 12.3 Å². The van der Waals surface area contributed by atoms with Crippen LogP contribution in [0, 0.1) is 5.92 Å². The summed E-state index contributed by atoms with van der Waals surface area (Å²) < 4.78 is 61.6. The minimum atomic E-state index is -3.90. The number of piperidine rings is 1. The first-order valence-electron chi connectivity index (χ1n) is 10.7. The molecule has 4 rings (SSSR count). The number of nitrogens with one attached hydrogen (secondary N) is 1. The monoisotopic (exact) mass is 520 g/mol. The highest BCUT2D eigenvalue weighted by Crippen LogP contribution is 2.27. The largest absolute Gasteiger partial charge is 0.497 e. The van der Waals surface area contributed by atoms with Gasteiger partial charge in [-0.3, -0.25) is 10.1 Å². The Balaban J connectivity index is 1.38. The van der Waals surface area contributed by atoms with Gasteiger partial charge in [0.1, 0.15) is 5.75 Å². The number of hydrogen-bond donors (Lipinski definition) is 1. The van der Waals surface area contributed by atoms with Crippen LogP contribution in [0.3, 0.4) is 0 Å². The molecule has 1 N–H and O–H groups in total. The van der Waals surface area contributed by atoms with Gasteiger partial charge in [0.05, 0.1) is 16.9 Å². The molecule has 0 radical (unpaired) electrons. The van der Waals surface area contributed by atoms with Crippen LogP contribution in [0.5, 0.6) is 5.75 Å². The van der Waals surface area contributed by atoms with Crippen LogP contribution in [0.4, 0.5) is 6.01 Å². The first-order chi connectivity index (χ1) is 16.6. The molecule has 186 valence electrons. The SMILES string of the molecule is COc1cccc(-c2nnc(NC(=O)C3CCN(S(=O)(=O)c4cccc(S(C)(=O)=O)c4)CC3)o2)c1. The van der Waals surface area contributed by atoms with Gasteiger partial charge in [0.2, 0.25) is 21.8 Å². The lowest BCUT2D eigenvalue weighted by Gasteiger charge is -2.30. The van der Waals surface area contributed by atoms with Crippen molar-refractivity contribution in [3.63, 3.8) is 0 Å². The maximum absolute atomic E-state index is 13.0. The summed E-state index contributed by atoms with van der Waals surface area (Å²) in [6, 6.07) is 12.2. The van der Waals surface area contributed by atoms with Crippen LogP contribution >= 0.6 is 0 Å². The third kappa shape index (κ3) is 5.52. The predicted molar refractivity (Wildman–Crippen MR) is 126 cm³/mol. The van der Waals surface area contributed by atoms with Gasteiger partial charge in [-0.15, -0.1) is 5.10 Å². The molecule has 0 spiro atoms. The van der Waals surface area contributed by atoms with E-state index in [-0.39, 0.29) is 53.5 Å². The van der Waals surface area contributed by atoms with E-state index in [2.05, 4.69) is 15.5 Å². The standard InChI is InChI=1S/C22H24N4O7S2/c1-32-17-6-3-5-16(13-17)21-24-25-22(33-21)23-20(27)15-9-11-26(12-10-15)35(30,31)19-8-4-7-18(14-19)34(2,28)29/h3-8,13-15H,9-12H2,1-2H3,(H,23,25,27). The zero-order valence-corrected chi connectivity index (χ0v) is 20.7. The van der Waals surface area contributed by atoms with Crippen molar-refractivity contribution in [2.75, 3.05) is 31.8 Å². The first kappa shape index (κ1) is 24.8. The van der Waals surface area contributed by atoms with Crippen molar-refractivity contribution >= 4 is 31.8 Å². The van der Waals surface area contributed by atoms with Gasteiger partial charge in [-0.2, -0.15) is 4.31 Å². The summed E-state index contributed by atoms with van der Waals surface area (Å²) in [6.45, 7) is 0.227. The number of sulfone groups is 1. The highest BCUT2D eigenvalue weighted by atomic mass is 32.2. The van der Waals surface area contributed by atoms with Crippen LogP contribution < -0.4 is 10.1 Å². The molecule has 13 heteroatoms. The van der Waals surface area contributed by atoms with Crippen LogP contribution in [0.15, 0.2) is 62.7 Å². The molecule has 1 aromatic heterocycles.